The Hall–Kier alpha value is -3.08. The Labute approximate surface area is 145 Å². The maximum atomic E-state index is 12.3. The largest absolute Gasteiger partial charge is 0.482 e. The molecular weight excluding hydrogens is 318 g/mol. The first-order chi connectivity index (χ1) is 12.2. The average Bonchev–Trinajstić information content (AvgIpc) is 3.09. The summed E-state index contributed by atoms with van der Waals surface area (Å²) in [6, 6.07) is 15.0. The minimum atomic E-state index is -0.570. The first-order valence-corrected chi connectivity index (χ1v) is 8.14. The van der Waals surface area contributed by atoms with Gasteiger partial charge in [-0.15, -0.1) is 0 Å². The molecule has 0 saturated carbocycles. The summed E-state index contributed by atoms with van der Waals surface area (Å²) in [6.45, 7) is 1.48. The molecule has 25 heavy (non-hydrogen) atoms. The quantitative estimate of drug-likeness (QED) is 0.529. The number of aryl methyl sites for hydroxylation is 1. The highest BCUT2D eigenvalue weighted by molar-refractivity contribution is 6.08. The highest BCUT2D eigenvalue weighted by atomic mass is 16.6. The Morgan fingerprint density at radius 1 is 1.00 bits per heavy atom. The van der Waals surface area contributed by atoms with E-state index in [9.17, 15) is 9.59 Å². The van der Waals surface area contributed by atoms with Gasteiger partial charge in [0.15, 0.2) is 13.2 Å². The number of aromatic nitrogens is 1. The highest BCUT2D eigenvalue weighted by Crippen LogP contribution is 2.19. The summed E-state index contributed by atoms with van der Waals surface area (Å²) in [7, 11) is 0. The van der Waals surface area contributed by atoms with E-state index in [4.69, 9.17) is 9.47 Å². The van der Waals surface area contributed by atoms with Crippen molar-refractivity contribution in [1.29, 1.82) is 0 Å². The molecule has 3 rings (SSSR count). The molecule has 128 valence electrons. The number of H-pyrrole nitrogens is 1. The number of rotatable bonds is 7. The van der Waals surface area contributed by atoms with E-state index < -0.39 is 5.97 Å². The molecule has 1 heterocycles. The van der Waals surface area contributed by atoms with Crippen LogP contribution >= 0.6 is 0 Å². The summed E-state index contributed by atoms with van der Waals surface area (Å²) in [5.74, 6) is -0.163. The third kappa shape index (κ3) is 3.88. The Morgan fingerprint density at radius 2 is 1.76 bits per heavy atom. The molecule has 1 aromatic heterocycles. The molecule has 0 fully saturated rings. The number of esters is 1. The van der Waals surface area contributed by atoms with Crippen molar-refractivity contribution >= 4 is 22.7 Å². The first-order valence-electron chi connectivity index (χ1n) is 8.14. The molecule has 0 unspecified atom stereocenters. The summed E-state index contributed by atoms with van der Waals surface area (Å²) >= 11 is 0. The number of fused-ring (bicyclic) bond motifs is 1. The number of hydrogen-bond acceptors (Lipinski definition) is 4. The minimum absolute atomic E-state index is 0.224. The predicted molar refractivity (Wildman–Crippen MR) is 94.9 cm³/mol. The van der Waals surface area contributed by atoms with Gasteiger partial charge in [0, 0.05) is 22.7 Å². The van der Waals surface area contributed by atoms with Crippen molar-refractivity contribution in [2.75, 3.05) is 13.2 Å². The second-order valence-electron chi connectivity index (χ2n) is 5.58. The van der Waals surface area contributed by atoms with Gasteiger partial charge in [-0.25, -0.2) is 4.79 Å². The lowest BCUT2D eigenvalue weighted by Gasteiger charge is -2.09. The van der Waals surface area contributed by atoms with Crippen LogP contribution in [0.1, 0.15) is 22.8 Å². The van der Waals surface area contributed by atoms with E-state index in [0.717, 1.165) is 22.9 Å². The number of ether oxygens (including phenoxy) is 2. The van der Waals surface area contributed by atoms with E-state index in [2.05, 4.69) is 4.98 Å². The zero-order valence-corrected chi connectivity index (χ0v) is 14.0. The number of ketones is 1. The zero-order valence-electron chi connectivity index (χ0n) is 14.0. The van der Waals surface area contributed by atoms with E-state index in [0.29, 0.717) is 11.3 Å². The number of hydrogen-bond donors (Lipinski definition) is 1. The summed E-state index contributed by atoms with van der Waals surface area (Å²) in [5, 5.41) is 0.816. The van der Waals surface area contributed by atoms with Crippen molar-refractivity contribution in [3.63, 3.8) is 0 Å². The molecule has 0 aliphatic carbocycles. The first kappa shape index (κ1) is 16.8. The third-order valence-electron chi connectivity index (χ3n) is 3.95. The van der Waals surface area contributed by atoms with Crippen molar-refractivity contribution in [3.05, 3.63) is 65.9 Å². The molecule has 0 saturated heterocycles. The summed E-state index contributed by atoms with van der Waals surface area (Å²) in [4.78, 5) is 27.1. The van der Waals surface area contributed by atoms with E-state index in [1.54, 1.807) is 6.20 Å². The molecular formula is C20H19NO4. The van der Waals surface area contributed by atoms with Gasteiger partial charge in [-0.2, -0.15) is 0 Å². The SMILES string of the molecule is CCc1ccccc1OCC(=O)OCC(=O)c1c[nH]c2ccccc12. The standard InChI is InChI=1S/C20H19NO4/c1-2-14-7-3-6-10-19(14)24-13-20(23)25-12-18(22)16-11-21-17-9-5-4-8-15(16)17/h3-11,21H,2,12-13H2,1H3. The number of Topliss-reactive ketones (excluding diaryl/α,β-unsaturated/α-hetero) is 1. The minimum Gasteiger partial charge on any atom is -0.482 e. The lowest BCUT2D eigenvalue weighted by Crippen LogP contribution is -2.19. The van der Waals surface area contributed by atoms with Crippen molar-refractivity contribution in [1.82, 2.24) is 4.98 Å². The van der Waals surface area contributed by atoms with Gasteiger partial charge in [0.2, 0.25) is 5.78 Å². The van der Waals surface area contributed by atoms with Crippen LogP contribution < -0.4 is 4.74 Å². The van der Waals surface area contributed by atoms with Gasteiger partial charge < -0.3 is 14.5 Å². The highest BCUT2D eigenvalue weighted by Gasteiger charge is 2.14. The van der Waals surface area contributed by atoms with Crippen molar-refractivity contribution in [2.45, 2.75) is 13.3 Å². The van der Waals surface area contributed by atoms with Crippen LogP contribution in [-0.2, 0) is 16.0 Å². The van der Waals surface area contributed by atoms with Crippen LogP contribution in [-0.4, -0.2) is 30.0 Å². The molecule has 5 nitrogen and oxygen atoms in total. The molecule has 2 aromatic carbocycles. The lowest BCUT2D eigenvalue weighted by atomic mass is 10.1. The monoisotopic (exact) mass is 337 g/mol. The lowest BCUT2D eigenvalue weighted by molar-refractivity contribution is -0.144. The van der Waals surface area contributed by atoms with Gasteiger partial charge in [0.25, 0.3) is 0 Å². The van der Waals surface area contributed by atoms with E-state index >= 15 is 0 Å². The van der Waals surface area contributed by atoms with E-state index in [-0.39, 0.29) is 19.0 Å². The van der Waals surface area contributed by atoms with Gasteiger partial charge in [0.1, 0.15) is 5.75 Å². The van der Waals surface area contributed by atoms with Gasteiger partial charge in [-0.3, -0.25) is 4.79 Å². The number of carbonyl (C=O) groups is 2. The van der Waals surface area contributed by atoms with Crippen LogP contribution in [0.4, 0.5) is 0 Å². The van der Waals surface area contributed by atoms with Crippen LogP contribution in [0.15, 0.2) is 54.7 Å². The number of carbonyl (C=O) groups excluding carboxylic acids is 2. The molecule has 3 aromatic rings. The molecule has 0 amide bonds. The van der Waals surface area contributed by atoms with Crippen LogP contribution in [0.2, 0.25) is 0 Å². The molecule has 0 bridgehead atoms. The molecule has 1 N–H and O–H groups in total. The van der Waals surface area contributed by atoms with Crippen molar-refractivity contribution < 1.29 is 19.1 Å². The predicted octanol–water partition coefficient (Wildman–Crippen LogP) is 3.54. The van der Waals surface area contributed by atoms with Crippen LogP contribution in [0.25, 0.3) is 10.9 Å². The van der Waals surface area contributed by atoms with Crippen LogP contribution in [0.3, 0.4) is 0 Å². The van der Waals surface area contributed by atoms with Crippen molar-refractivity contribution in [3.8, 4) is 5.75 Å². The van der Waals surface area contributed by atoms with Gasteiger partial charge in [-0.1, -0.05) is 43.3 Å². The third-order valence-corrected chi connectivity index (χ3v) is 3.95. The molecule has 0 atom stereocenters. The Bertz CT molecular complexity index is 897. The van der Waals surface area contributed by atoms with Gasteiger partial charge in [0.05, 0.1) is 0 Å². The topological polar surface area (TPSA) is 68.4 Å². The van der Waals surface area contributed by atoms with E-state index in [1.165, 1.54) is 0 Å². The van der Waals surface area contributed by atoms with Crippen LogP contribution in [0, 0.1) is 0 Å². The molecule has 5 heteroatoms. The number of para-hydroxylation sites is 2. The number of nitrogens with one attached hydrogen (secondary N) is 1. The Kier molecular flexibility index (Phi) is 5.14. The average molecular weight is 337 g/mol. The normalized spacial score (nSPS) is 10.6. The zero-order chi connectivity index (χ0) is 17.6. The smallest absolute Gasteiger partial charge is 0.344 e. The summed E-state index contributed by atoms with van der Waals surface area (Å²) in [5.41, 5.74) is 2.41. The van der Waals surface area contributed by atoms with Gasteiger partial charge >= 0.3 is 5.97 Å². The number of benzene rings is 2. The Morgan fingerprint density at radius 3 is 2.60 bits per heavy atom. The fourth-order valence-corrected chi connectivity index (χ4v) is 2.64. The molecule has 0 aliphatic rings. The summed E-state index contributed by atoms with van der Waals surface area (Å²) < 4.78 is 10.5. The molecule has 0 spiro atoms. The maximum Gasteiger partial charge on any atom is 0.344 e. The van der Waals surface area contributed by atoms with E-state index in [1.807, 2.05) is 55.5 Å². The van der Waals surface area contributed by atoms with Crippen molar-refractivity contribution in [2.24, 2.45) is 0 Å². The fourth-order valence-electron chi connectivity index (χ4n) is 2.64. The second kappa shape index (κ2) is 7.66. The molecule has 0 aliphatic heterocycles. The van der Waals surface area contributed by atoms with Gasteiger partial charge in [-0.05, 0) is 24.1 Å². The maximum absolute atomic E-state index is 12.3. The van der Waals surface area contributed by atoms with Crippen LogP contribution in [0.5, 0.6) is 5.75 Å². The summed E-state index contributed by atoms with van der Waals surface area (Å²) in [6.07, 6.45) is 2.44. The molecule has 0 radical (unpaired) electrons. The Balaban J connectivity index is 1.54. The fraction of sp³-hybridized carbons (Fsp3) is 0.200. The number of aromatic amines is 1. The second-order valence-corrected chi connectivity index (χ2v) is 5.58.